The Morgan fingerprint density at radius 3 is 2.57 bits per heavy atom. The van der Waals surface area contributed by atoms with Crippen LogP contribution >= 0.6 is 23.2 Å². The van der Waals surface area contributed by atoms with E-state index in [0.29, 0.717) is 13.0 Å². The third kappa shape index (κ3) is 1.97. The van der Waals surface area contributed by atoms with Crippen molar-refractivity contribution in [2.75, 3.05) is 6.54 Å². The van der Waals surface area contributed by atoms with Gasteiger partial charge in [0, 0.05) is 6.54 Å². The summed E-state index contributed by atoms with van der Waals surface area (Å²) in [5.41, 5.74) is -0.689. The summed E-state index contributed by atoms with van der Waals surface area (Å²) in [5, 5.41) is 11.2. The molecule has 3 nitrogen and oxygen atoms in total. The number of halogens is 2. The normalized spacial score (nSPS) is 30.2. The smallest absolute Gasteiger partial charge is 0.229 e. The minimum absolute atomic E-state index is 0.176. The fraction of sp³-hybridized carbons (Fsp3) is 0.778. The van der Waals surface area contributed by atoms with Gasteiger partial charge in [-0.3, -0.25) is 4.79 Å². The molecule has 0 saturated heterocycles. The zero-order chi connectivity index (χ0) is 11.0. The van der Waals surface area contributed by atoms with Crippen molar-refractivity contribution < 1.29 is 4.79 Å². The van der Waals surface area contributed by atoms with E-state index in [2.05, 4.69) is 5.32 Å². The first kappa shape index (κ1) is 11.6. The second kappa shape index (κ2) is 3.60. The van der Waals surface area contributed by atoms with Crippen LogP contribution in [0.3, 0.4) is 0 Å². The molecule has 1 aliphatic rings. The number of carbonyl (C=O) groups is 1. The zero-order valence-electron chi connectivity index (χ0n) is 8.10. The molecule has 2 unspecified atom stereocenters. The van der Waals surface area contributed by atoms with Crippen molar-refractivity contribution in [3.05, 3.63) is 0 Å². The quantitative estimate of drug-likeness (QED) is 0.759. The maximum absolute atomic E-state index is 11.6. The van der Waals surface area contributed by atoms with Crippen LogP contribution in [0.4, 0.5) is 0 Å². The molecule has 0 aromatic heterocycles. The molecule has 14 heavy (non-hydrogen) atoms. The van der Waals surface area contributed by atoms with E-state index in [0.717, 1.165) is 0 Å². The van der Waals surface area contributed by atoms with Gasteiger partial charge in [-0.1, -0.05) is 0 Å². The lowest BCUT2D eigenvalue weighted by Gasteiger charge is -2.12. The van der Waals surface area contributed by atoms with Crippen LogP contribution in [0.15, 0.2) is 0 Å². The Balaban J connectivity index is 2.43. The molecule has 78 valence electrons. The molecule has 0 aliphatic heterocycles. The van der Waals surface area contributed by atoms with E-state index in [1.165, 1.54) is 0 Å². The van der Waals surface area contributed by atoms with Gasteiger partial charge in [0.25, 0.3) is 0 Å². The maximum Gasteiger partial charge on any atom is 0.229 e. The number of rotatable bonds is 3. The summed E-state index contributed by atoms with van der Waals surface area (Å²) < 4.78 is -0.938. The van der Waals surface area contributed by atoms with Crippen LogP contribution in [-0.2, 0) is 4.79 Å². The molecule has 1 aliphatic carbocycles. The Bertz CT molecular complexity index is 298. The number of nitrogens with zero attached hydrogens (tertiary/aromatic N) is 1. The van der Waals surface area contributed by atoms with E-state index in [-0.39, 0.29) is 11.8 Å². The van der Waals surface area contributed by atoms with Crippen molar-refractivity contribution in [1.82, 2.24) is 5.32 Å². The van der Waals surface area contributed by atoms with Crippen molar-refractivity contribution >= 4 is 29.1 Å². The van der Waals surface area contributed by atoms with E-state index < -0.39 is 9.75 Å². The van der Waals surface area contributed by atoms with Crippen molar-refractivity contribution in [3.63, 3.8) is 0 Å². The largest absolute Gasteiger partial charge is 0.354 e. The Labute approximate surface area is 93.4 Å². The van der Waals surface area contributed by atoms with Crippen LogP contribution in [0.1, 0.15) is 20.3 Å². The molecule has 5 heteroatoms. The summed E-state index contributed by atoms with van der Waals surface area (Å²) in [5.74, 6) is -0.369. The first-order chi connectivity index (χ1) is 6.33. The number of alkyl halides is 2. The molecule has 0 aromatic carbocycles. The Morgan fingerprint density at radius 1 is 1.71 bits per heavy atom. The van der Waals surface area contributed by atoms with Crippen LogP contribution in [0.5, 0.6) is 0 Å². The molecule has 1 rings (SSSR count). The van der Waals surface area contributed by atoms with Gasteiger partial charge in [-0.25, -0.2) is 0 Å². The number of hydrogen-bond acceptors (Lipinski definition) is 2. The topological polar surface area (TPSA) is 52.9 Å². The highest BCUT2D eigenvalue weighted by atomic mass is 35.5. The average molecular weight is 235 g/mol. The molecule has 1 saturated carbocycles. The zero-order valence-corrected chi connectivity index (χ0v) is 9.61. The summed E-state index contributed by atoms with van der Waals surface area (Å²) >= 11 is 11.7. The van der Waals surface area contributed by atoms with Crippen LogP contribution < -0.4 is 5.32 Å². The van der Waals surface area contributed by atoms with Gasteiger partial charge in [-0.2, -0.15) is 5.26 Å². The molecule has 2 atom stereocenters. The van der Waals surface area contributed by atoms with Crippen molar-refractivity contribution in [3.8, 4) is 6.07 Å². The van der Waals surface area contributed by atoms with Gasteiger partial charge in [-0.15, -0.1) is 23.2 Å². The third-order valence-corrected chi connectivity index (χ3v) is 3.65. The summed E-state index contributed by atoms with van der Waals surface area (Å²) in [6, 6.07) is 2.03. The van der Waals surface area contributed by atoms with Gasteiger partial charge in [0.05, 0.1) is 17.4 Å². The van der Waals surface area contributed by atoms with Gasteiger partial charge in [0.15, 0.2) is 0 Å². The van der Waals surface area contributed by atoms with Crippen molar-refractivity contribution in [1.29, 1.82) is 5.26 Å². The second-order valence-corrected chi connectivity index (χ2v) is 5.44. The lowest BCUT2D eigenvalue weighted by Crippen LogP contribution is -2.35. The summed E-state index contributed by atoms with van der Waals surface area (Å²) in [7, 11) is 0. The maximum atomic E-state index is 11.6. The molecule has 0 radical (unpaired) electrons. The predicted molar refractivity (Wildman–Crippen MR) is 54.9 cm³/mol. The van der Waals surface area contributed by atoms with Gasteiger partial charge < -0.3 is 5.32 Å². The monoisotopic (exact) mass is 234 g/mol. The minimum Gasteiger partial charge on any atom is -0.354 e. The highest BCUT2D eigenvalue weighted by Gasteiger charge is 2.67. The highest BCUT2D eigenvalue weighted by molar-refractivity contribution is 6.53. The van der Waals surface area contributed by atoms with Crippen molar-refractivity contribution in [2.24, 2.45) is 11.3 Å². The first-order valence-electron chi connectivity index (χ1n) is 4.39. The van der Waals surface area contributed by atoms with Gasteiger partial charge in [0.1, 0.15) is 4.33 Å². The molecular weight excluding hydrogens is 223 g/mol. The Morgan fingerprint density at radius 2 is 2.21 bits per heavy atom. The molecule has 1 amide bonds. The molecule has 0 heterocycles. The van der Waals surface area contributed by atoms with Crippen LogP contribution in [0.2, 0.25) is 0 Å². The van der Waals surface area contributed by atoms with Crippen molar-refractivity contribution in [2.45, 2.75) is 24.6 Å². The fourth-order valence-electron chi connectivity index (χ4n) is 1.13. The third-order valence-electron chi connectivity index (χ3n) is 2.55. The minimum atomic E-state index is -0.938. The predicted octanol–water partition coefficient (Wildman–Crippen LogP) is 1.85. The van der Waals surface area contributed by atoms with E-state index >= 15 is 0 Å². The van der Waals surface area contributed by atoms with Gasteiger partial charge >= 0.3 is 0 Å². The fourth-order valence-corrected chi connectivity index (χ4v) is 1.84. The molecule has 0 bridgehead atoms. The number of nitriles is 1. The van der Waals surface area contributed by atoms with E-state index in [1.54, 1.807) is 13.8 Å². The number of nitrogens with one attached hydrogen (secondary N) is 1. The summed E-state index contributed by atoms with van der Waals surface area (Å²) in [4.78, 5) is 11.6. The average Bonchev–Trinajstić information content (AvgIpc) is 2.62. The van der Waals surface area contributed by atoms with E-state index in [4.69, 9.17) is 28.5 Å². The lowest BCUT2D eigenvalue weighted by atomic mass is 10.1. The van der Waals surface area contributed by atoms with Crippen LogP contribution in [-0.4, -0.2) is 16.8 Å². The lowest BCUT2D eigenvalue weighted by molar-refractivity contribution is -0.125. The standard InChI is InChI=1S/C9H12Cl2N2O/c1-6(3-12)4-13-7(14)8(2)5-9(8,10)11/h6H,4-5H2,1-2H3,(H,13,14). The number of carbonyl (C=O) groups excluding carboxylic acids is 1. The molecular formula is C9H12Cl2N2O. The number of hydrogen-bond donors (Lipinski definition) is 1. The highest BCUT2D eigenvalue weighted by Crippen LogP contribution is 2.63. The van der Waals surface area contributed by atoms with Crippen LogP contribution in [0.25, 0.3) is 0 Å². The SMILES string of the molecule is CC(C#N)CNC(=O)C1(C)CC1(Cl)Cl. The van der Waals surface area contributed by atoms with Crippen LogP contribution in [0, 0.1) is 22.7 Å². The van der Waals surface area contributed by atoms with E-state index in [9.17, 15) is 4.79 Å². The second-order valence-electron chi connectivity index (χ2n) is 3.95. The summed E-state index contributed by atoms with van der Waals surface area (Å²) in [6.45, 7) is 3.80. The first-order valence-corrected chi connectivity index (χ1v) is 5.15. The Hall–Kier alpha value is -0.460. The molecule has 1 N–H and O–H groups in total. The molecule has 0 spiro atoms. The molecule has 1 fully saturated rings. The Kier molecular flexibility index (Phi) is 2.99. The molecule has 0 aromatic rings. The van der Waals surface area contributed by atoms with E-state index in [1.807, 2.05) is 6.07 Å². The summed E-state index contributed by atoms with van der Waals surface area (Å²) in [6.07, 6.45) is 0.468. The van der Waals surface area contributed by atoms with Gasteiger partial charge in [0.2, 0.25) is 5.91 Å². The number of amides is 1. The van der Waals surface area contributed by atoms with Gasteiger partial charge in [-0.05, 0) is 20.3 Å².